The number of alkyl halides is 8. The van der Waals surface area contributed by atoms with Crippen molar-refractivity contribution in [3.8, 4) is 23.1 Å². The molecule has 2 aromatic heterocycles. The van der Waals surface area contributed by atoms with Gasteiger partial charge < -0.3 is 40.5 Å². The number of nitrogens with one attached hydrogen (secondary N) is 4. The molecule has 6 atom stereocenters. The van der Waals surface area contributed by atoms with Gasteiger partial charge in [0, 0.05) is 73.5 Å². The van der Waals surface area contributed by atoms with Crippen LogP contribution in [0.5, 0.6) is 0 Å². The summed E-state index contributed by atoms with van der Waals surface area (Å²) in [6.45, 7) is -0.393. The Morgan fingerprint density at radius 3 is 1.90 bits per heavy atom. The Bertz CT molecular complexity index is 2880. The number of hydrogen-bond acceptors (Lipinski definition) is 13. The topological polar surface area (TPSA) is 229 Å². The summed E-state index contributed by atoms with van der Waals surface area (Å²) >= 11 is 0. The third-order valence-electron chi connectivity index (χ3n) is 14.2. The Morgan fingerprint density at radius 1 is 0.823 bits per heavy atom. The van der Waals surface area contributed by atoms with Crippen LogP contribution in [-0.2, 0) is 32.0 Å². The number of aliphatic hydroxyl groups is 1. The fourth-order valence-corrected chi connectivity index (χ4v) is 9.21. The highest BCUT2D eigenvalue weighted by molar-refractivity contribution is 5.87. The van der Waals surface area contributed by atoms with Crippen LogP contribution < -0.4 is 26.3 Å². The molecule has 2 aromatic carbocycles. The first-order valence-electron chi connectivity index (χ1n) is 24.3. The van der Waals surface area contributed by atoms with Crippen molar-refractivity contribution in [2.75, 3.05) is 44.9 Å². The number of anilines is 1. The maximum absolute atomic E-state index is 16.0. The van der Waals surface area contributed by atoms with Gasteiger partial charge in [-0.15, -0.1) is 0 Å². The van der Waals surface area contributed by atoms with E-state index in [4.69, 9.17) is 4.74 Å². The van der Waals surface area contributed by atoms with Crippen molar-refractivity contribution in [3.05, 3.63) is 94.9 Å². The molecule has 8 rings (SSSR count). The highest BCUT2D eigenvalue weighted by Crippen LogP contribution is 2.42. The van der Waals surface area contributed by atoms with Crippen LogP contribution in [0, 0.1) is 34.3 Å². The second-order valence-corrected chi connectivity index (χ2v) is 20.3. The number of hydrazine groups is 1. The second kappa shape index (κ2) is 23.6. The van der Waals surface area contributed by atoms with Gasteiger partial charge in [0.2, 0.25) is 11.9 Å². The number of fused-ring (bicyclic) bond motifs is 2. The fourth-order valence-electron chi connectivity index (χ4n) is 9.21. The quantitative estimate of drug-likeness (QED) is 0.0386. The molecule has 0 aliphatic carbocycles. The van der Waals surface area contributed by atoms with Gasteiger partial charge in [-0.05, 0) is 76.4 Å². The van der Waals surface area contributed by atoms with Crippen LogP contribution in [0.15, 0.2) is 61.1 Å². The molecule has 4 amide bonds. The number of piperazine rings is 1. The predicted octanol–water partition coefficient (Wildman–Crippen LogP) is 5.53. The number of benzene rings is 2. The van der Waals surface area contributed by atoms with E-state index < -0.39 is 115 Å². The molecule has 4 aliphatic rings. The van der Waals surface area contributed by atoms with Gasteiger partial charge in [-0.3, -0.25) is 19.9 Å². The van der Waals surface area contributed by atoms with Crippen LogP contribution >= 0.6 is 0 Å². The van der Waals surface area contributed by atoms with Crippen LogP contribution in [-0.4, -0.2) is 159 Å². The van der Waals surface area contributed by atoms with E-state index >= 15 is 8.78 Å². The lowest BCUT2D eigenvalue weighted by Gasteiger charge is -2.60. The molecular formula is C50H55F10N11O8. The summed E-state index contributed by atoms with van der Waals surface area (Å²) in [6.07, 6.45) is -11.7. The number of rotatable bonds is 19. The van der Waals surface area contributed by atoms with Crippen molar-refractivity contribution in [1.29, 1.82) is 0 Å². The van der Waals surface area contributed by atoms with Crippen LogP contribution in [0.1, 0.15) is 62.9 Å². The van der Waals surface area contributed by atoms with Crippen LogP contribution in [0.25, 0.3) is 11.3 Å². The smallest absolute Gasteiger partial charge is 0.407 e. The molecular weight excluding hydrogens is 1070 g/mol. The Labute approximate surface area is 445 Å². The number of carbonyl (C=O) groups excluding carboxylic acids is 3. The van der Waals surface area contributed by atoms with Crippen molar-refractivity contribution in [1.82, 2.24) is 51.0 Å². The third kappa shape index (κ3) is 13.6. The minimum absolute atomic E-state index is 0.185. The summed E-state index contributed by atoms with van der Waals surface area (Å²) in [5, 5.41) is 31.0. The lowest BCUT2D eigenvalue weighted by atomic mass is 9.82. The first-order valence-corrected chi connectivity index (χ1v) is 24.3. The summed E-state index contributed by atoms with van der Waals surface area (Å²) < 4.78 is 155. The average Bonchev–Trinajstić information content (AvgIpc) is 4.06. The normalized spacial score (nSPS) is 18.5. The Kier molecular flexibility index (Phi) is 17.7. The maximum atomic E-state index is 16.0. The van der Waals surface area contributed by atoms with E-state index in [2.05, 4.69) is 46.8 Å². The SMILES string of the molecule is COC(=O)NC(C(=O)NC(Cc1ccc(C#Cc2cnc(N3CC4CC(C3)N4C3COC3)nc2)cc1)C(O)CN(Cc1c(F)cc(-c2ccn(C(F)F)n2)cc1F)NC(=O)C(NC(=O)O)C(C)(C)C(F)(F)F)C(C)(C)C(F)(F)F. The molecule has 4 aliphatic heterocycles. The molecule has 0 saturated carbocycles. The van der Waals surface area contributed by atoms with Gasteiger partial charge in [-0.25, -0.2) is 38.0 Å². The Balaban J connectivity index is 1.17. The van der Waals surface area contributed by atoms with Crippen LogP contribution in [0.2, 0.25) is 0 Å². The molecule has 19 nitrogen and oxygen atoms in total. The lowest BCUT2D eigenvalue weighted by molar-refractivity contribution is -0.221. The number of nitrogens with zero attached hydrogens (tertiary/aromatic N) is 7. The van der Waals surface area contributed by atoms with Gasteiger partial charge in [0.15, 0.2) is 0 Å². The summed E-state index contributed by atoms with van der Waals surface area (Å²) in [4.78, 5) is 65.6. The summed E-state index contributed by atoms with van der Waals surface area (Å²) in [5.41, 5.74) is -4.85. The van der Waals surface area contributed by atoms with E-state index in [0.717, 1.165) is 52.1 Å². The highest BCUT2D eigenvalue weighted by atomic mass is 19.4. The Morgan fingerprint density at radius 2 is 1.39 bits per heavy atom. The summed E-state index contributed by atoms with van der Waals surface area (Å²) in [7, 11) is 0.807. The number of ether oxygens (including phenoxy) is 2. The van der Waals surface area contributed by atoms with Crippen molar-refractivity contribution >= 4 is 29.9 Å². The van der Waals surface area contributed by atoms with Crippen LogP contribution in [0.4, 0.5) is 59.4 Å². The van der Waals surface area contributed by atoms with E-state index in [1.807, 2.05) is 10.7 Å². The van der Waals surface area contributed by atoms with Crippen molar-refractivity contribution in [2.45, 2.75) is 108 Å². The third-order valence-corrected chi connectivity index (χ3v) is 14.2. The van der Waals surface area contributed by atoms with Gasteiger partial charge in [-0.1, -0.05) is 24.0 Å². The number of hydrogen-bond donors (Lipinski definition) is 6. The van der Waals surface area contributed by atoms with E-state index in [0.29, 0.717) is 80.0 Å². The fraction of sp³-hybridized carbons (Fsp3) is 0.500. The van der Waals surface area contributed by atoms with Gasteiger partial charge in [0.1, 0.15) is 23.7 Å². The molecule has 0 spiro atoms. The molecule has 6 unspecified atom stereocenters. The summed E-state index contributed by atoms with van der Waals surface area (Å²) in [6, 6.07) is 2.45. The first kappa shape index (κ1) is 59.4. The van der Waals surface area contributed by atoms with E-state index in [9.17, 15) is 64.5 Å². The number of methoxy groups -OCH3 is 1. The van der Waals surface area contributed by atoms with Crippen molar-refractivity contribution in [2.24, 2.45) is 10.8 Å². The average molecular weight is 1130 g/mol. The number of carboxylic acid groups (broad SMARTS) is 1. The number of aliphatic hydroxyl groups excluding tert-OH is 1. The van der Waals surface area contributed by atoms with E-state index in [1.54, 1.807) is 12.4 Å². The molecule has 2 bridgehead atoms. The molecule has 4 saturated heterocycles. The maximum Gasteiger partial charge on any atom is 0.407 e. The minimum Gasteiger partial charge on any atom is -0.465 e. The standard InChI is InChI=1S/C50H55F10N11O8/c1-47(2,49(55,56)57)39(65-46(77)78-5)41(73)63-37(14-27-9-6-26(7-10-27)8-11-28-18-61-44(62-19-28)68-20-30-17-31(21-68)71(30)32-24-79-25-32)38(72)23-69(67-42(74)40(64-45(75)76)48(3,4)50(58,59)60)22-33-34(51)15-29(16-35(33)52)36-12-13-70(66-36)43(53)54/h6-7,9-10,12-13,15-16,18-19,30-32,37-40,43,64,72H,14,17,20-25H2,1-5H3,(H,63,73)(H,65,77)(H,67,74)(H,75,76). The second-order valence-electron chi connectivity index (χ2n) is 20.3. The molecule has 428 valence electrons. The van der Waals surface area contributed by atoms with Crippen molar-refractivity contribution in [3.63, 3.8) is 0 Å². The minimum atomic E-state index is -5.29. The molecule has 0 radical (unpaired) electrons. The van der Waals surface area contributed by atoms with Gasteiger partial charge in [0.05, 0.1) is 60.6 Å². The number of alkyl carbamates (subject to hydrolysis) is 1. The molecule has 29 heteroatoms. The number of carbonyl (C=O) groups is 4. The van der Waals surface area contributed by atoms with Crippen LogP contribution in [0.3, 0.4) is 0 Å². The zero-order valence-corrected chi connectivity index (χ0v) is 42.8. The molecule has 4 fully saturated rings. The number of amides is 4. The van der Waals surface area contributed by atoms with Gasteiger partial charge >= 0.3 is 31.1 Å². The lowest BCUT2D eigenvalue weighted by Crippen LogP contribution is -2.74. The van der Waals surface area contributed by atoms with Gasteiger partial charge in [-0.2, -0.15) is 40.2 Å². The highest BCUT2D eigenvalue weighted by Gasteiger charge is 2.57. The largest absolute Gasteiger partial charge is 0.465 e. The Hall–Kier alpha value is -7.29. The zero-order valence-electron chi connectivity index (χ0n) is 42.8. The predicted molar refractivity (Wildman–Crippen MR) is 258 cm³/mol. The molecule has 4 aromatic rings. The van der Waals surface area contributed by atoms with Crippen molar-refractivity contribution < 1.29 is 82.8 Å². The molecule has 6 heterocycles. The zero-order chi connectivity index (χ0) is 57.9. The van der Waals surface area contributed by atoms with E-state index in [-0.39, 0.29) is 21.5 Å². The number of piperidine rings is 1. The number of halogens is 10. The van der Waals surface area contributed by atoms with E-state index in [1.165, 1.54) is 29.6 Å². The monoisotopic (exact) mass is 1130 g/mol. The summed E-state index contributed by atoms with van der Waals surface area (Å²) in [5.74, 6) is 0.208. The molecule has 79 heavy (non-hydrogen) atoms. The number of aromatic nitrogens is 4. The molecule has 6 N–H and O–H groups in total. The van der Waals surface area contributed by atoms with Gasteiger partial charge in [0.25, 0.3) is 5.91 Å². The first-order chi connectivity index (χ1) is 37.0.